The Hall–Kier alpha value is -3.31. The molecule has 0 aliphatic carbocycles. The van der Waals surface area contributed by atoms with E-state index in [2.05, 4.69) is 0 Å². The summed E-state index contributed by atoms with van der Waals surface area (Å²) in [4.78, 5) is 39.2. The van der Waals surface area contributed by atoms with Crippen molar-refractivity contribution < 1.29 is 32.6 Å². The number of sulfonamides is 1. The molecule has 0 unspecified atom stereocenters. The SMILES string of the molecule is CC(C)(C)OC(=O)CN(c1cccc(Cl)c1)S(=O)(=O)c1cccc(C(=O)N2CCN(C(=O)O)CC2)c1. The molecule has 10 nitrogen and oxygen atoms in total. The van der Waals surface area contributed by atoms with Gasteiger partial charge in [0, 0.05) is 36.8 Å². The summed E-state index contributed by atoms with van der Waals surface area (Å²) in [6, 6.07) is 11.6. The molecule has 0 radical (unpaired) electrons. The van der Waals surface area contributed by atoms with E-state index in [0.29, 0.717) is 0 Å². The molecule has 0 bridgehead atoms. The van der Waals surface area contributed by atoms with Gasteiger partial charge in [-0.2, -0.15) is 0 Å². The summed E-state index contributed by atoms with van der Waals surface area (Å²) in [6.45, 7) is 5.13. The second kappa shape index (κ2) is 10.8. The fourth-order valence-electron chi connectivity index (χ4n) is 3.64. The molecule has 1 aliphatic heterocycles. The van der Waals surface area contributed by atoms with Gasteiger partial charge in [0.1, 0.15) is 12.1 Å². The van der Waals surface area contributed by atoms with Gasteiger partial charge in [0.05, 0.1) is 10.6 Å². The zero-order valence-electron chi connectivity index (χ0n) is 20.2. The first kappa shape index (κ1) is 27.3. The van der Waals surface area contributed by atoms with E-state index in [4.69, 9.17) is 21.4 Å². The summed E-state index contributed by atoms with van der Waals surface area (Å²) in [6.07, 6.45) is -1.05. The number of anilines is 1. The summed E-state index contributed by atoms with van der Waals surface area (Å²) < 4.78 is 33.6. The first-order valence-corrected chi connectivity index (χ1v) is 13.0. The molecule has 0 aromatic heterocycles. The highest BCUT2D eigenvalue weighted by atomic mass is 35.5. The van der Waals surface area contributed by atoms with Gasteiger partial charge in [-0.1, -0.05) is 23.7 Å². The maximum Gasteiger partial charge on any atom is 0.407 e. The second-order valence-corrected chi connectivity index (χ2v) is 11.5. The van der Waals surface area contributed by atoms with E-state index in [1.165, 1.54) is 46.2 Å². The lowest BCUT2D eigenvalue weighted by Crippen LogP contribution is -2.50. The summed E-state index contributed by atoms with van der Waals surface area (Å²) in [5, 5.41) is 9.38. The van der Waals surface area contributed by atoms with Gasteiger partial charge < -0.3 is 19.6 Å². The average Bonchev–Trinajstić information content (AvgIpc) is 2.81. The average molecular weight is 538 g/mol. The number of carbonyl (C=O) groups is 3. The van der Waals surface area contributed by atoms with Crippen molar-refractivity contribution in [1.82, 2.24) is 9.80 Å². The third-order valence-corrected chi connectivity index (χ3v) is 7.30. The number of piperazine rings is 1. The highest BCUT2D eigenvalue weighted by molar-refractivity contribution is 7.92. The Balaban J connectivity index is 1.91. The maximum absolute atomic E-state index is 13.7. The molecule has 12 heteroatoms. The Bertz CT molecular complexity index is 1250. The molecule has 2 aromatic carbocycles. The second-order valence-electron chi connectivity index (χ2n) is 9.17. The van der Waals surface area contributed by atoms with E-state index >= 15 is 0 Å². The van der Waals surface area contributed by atoms with E-state index in [0.717, 1.165) is 4.31 Å². The summed E-state index contributed by atoms with van der Waals surface area (Å²) in [5.74, 6) is -1.17. The Morgan fingerprint density at radius 1 is 1.00 bits per heavy atom. The third-order valence-electron chi connectivity index (χ3n) is 5.30. The minimum Gasteiger partial charge on any atom is -0.465 e. The Labute approximate surface area is 215 Å². The van der Waals surface area contributed by atoms with Gasteiger partial charge >= 0.3 is 12.1 Å². The number of esters is 1. The Kier molecular flexibility index (Phi) is 8.15. The lowest BCUT2D eigenvalue weighted by Gasteiger charge is -2.33. The number of carbonyl (C=O) groups excluding carboxylic acids is 2. The predicted molar refractivity (Wildman–Crippen MR) is 134 cm³/mol. The fourth-order valence-corrected chi connectivity index (χ4v) is 5.27. The van der Waals surface area contributed by atoms with Crippen molar-refractivity contribution in [1.29, 1.82) is 0 Å². The van der Waals surface area contributed by atoms with Gasteiger partial charge in [-0.05, 0) is 57.2 Å². The van der Waals surface area contributed by atoms with E-state index < -0.39 is 40.1 Å². The molecular weight excluding hydrogens is 510 g/mol. The number of nitrogens with zero attached hydrogens (tertiary/aromatic N) is 3. The van der Waals surface area contributed by atoms with Crippen LogP contribution in [-0.4, -0.2) is 79.6 Å². The van der Waals surface area contributed by atoms with Crippen LogP contribution in [0.5, 0.6) is 0 Å². The third kappa shape index (κ3) is 6.67. The van der Waals surface area contributed by atoms with Crippen molar-refractivity contribution in [2.45, 2.75) is 31.3 Å². The quantitative estimate of drug-likeness (QED) is 0.560. The normalized spacial score (nSPS) is 14.3. The smallest absolute Gasteiger partial charge is 0.407 e. The Morgan fingerprint density at radius 2 is 1.61 bits per heavy atom. The van der Waals surface area contributed by atoms with E-state index in [-0.39, 0.29) is 47.3 Å². The van der Waals surface area contributed by atoms with Crippen LogP contribution in [0.15, 0.2) is 53.4 Å². The monoisotopic (exact) mass is 537 g/mol. The van der Waals surface area contributed by atoms with E-state index in [1.807, 2.05) is 0 Å². The molecule has 1 fully saturated rings. The molecule has 2 amide bonds. The minimum atomic E-state index is -4.31. The van der Waals surface area contributed by atoms with E-state index in [9.17, 15) is 22.8 Å². The van der Waals surface area contributed by atoms with Crippen molar-refractivity contribution in [2.24, 2.45) is 0 Å². The summed E-state index contributed by atoms with van der Waals surface area (Å²) >= 11 is 6.08. The Morgan fingerprint density at radius 3 is 2.19 bits per heavy atom. The predicted octanol–water partition coefficient (Wildman–Crippen LogP) is 3.31. The molecule has 3 rings (SSSR count). The molecule has 1 aliphatic rings. The van der Waals surface area contributed by atoms with Crippen LogP contribution in [0.25, 0.3) is 0 Å². The van der Waals surface area contributed by atoms with Gasteiger partial charge in [-0.15, -0.1) is 0 Å². The molecule has 0 atom stereocenters. The zero-order chi connectivity index (χ0) is 26.7. The van der Waals surface area contributed by atoms with Crippen molar-refractivity contribution in [2.75, 3.05) is 37.0 Å². The zero-order valence-corrected chi connectivity index (χ0v) is 21.8. The van der Waals surface area contributed by atoms with Crippen LogP contribution in [-0.2, 0) is 19.6 Å². The lowest BCUT2D eigenvalue weighted by molar-refractivity contribution is -0.152. The van der Waals surface area contributed by atoms with Crippen molar-refractivity contribution in [3.05, 3.63) is 59.1 Å². The van der Waals surface area contributed by atoms with Gasteiger partial charge in [-0.3, -0.25) is 13.9 Å². The molecule has 1 heterocycles. The largest absolute Gasteiger partial charge is 0.465 e. The van der Waals surface area contributed by atoms with Crippen molar-refractivity contribution in [3.63, 3.8) is 0 Å². The van der Waals surface area contributed by atoms with Crippen LogP contribution in [0, 0.1) is 0 Å². The highest BCUT2D eigenvalue weighted by Crippen LogP contribution is 2.27. The molecule has 194 valence electrons. The summed E-state index contributed by atoms with van der Waals surface area (Å²) in [5.41, 5.74) is -0.532. The first-order chi connectivity index (χ1) is 16.8. The van der Waals surface area contributed by atoms with Crippen molar-refractivity contribution >= 4 is 45.3 Å². The topological polar surface area (TPSA) is 125 Å². The standard InChI is InChI=1S/C24H28ClN3O7S/c1-24(2,3)35-21(29)16-28(19-8-5-7-18(25)15-19)36(33,34)20-9-4-6-17(14-20)22(30)26-10-12-27(13-11-26)23(31)32/h4-9,14-15H,10-13,16H2,1-3H3,(H,31,32). The number of halogens is 1. The minimum absolute atomic E-state index is 0.128. The van der Waals surface area contributed by atoms with Crippen LogP contribution in [0.4, 0.5) is 10.5 Å². The van der Waals surface area contributed by atoms with Gasteiger partial charge in [-0.25, -0.2) is 13.2 Å². The number of hydrogen-bond acceptors (Lipinski definition) is 6. The molecular formula is C24H28ClN3O7S. The lowest BCUT2D eigenvalue weighted by atomic mass is 10.2. The highest BCUT2D eigenvalue weighted by Gasteiger charge is 2.31. The molecule has 1 N–H and O–H groups in total. The van der Waals surface area contributed by atoms with Crippen LogP contribution in [0.2, 0.25) is 5.02 Å². The maximum atomic E-state index is 13.7. The van der Waals surface area contributed by atoms with E-state index in [1.54, 1.807) is 32.9 Å². The number of ether oxygens (including phenoxy) is 1. The van der Waals surface area contributed by atoms with Gasteiger partial charge in [0.2, 0.25) is 0 Å². The van der Waals surface area contributed by atoms with Crippen LogP contribution < -0.4 is 4.31 Å². The number of hydrogen-bond donors (Lipinski definition) is 1. The molecule has 0 saturated carbocycles. The summed E-state index contributed by atoms with van der Waals surface area (Å²) in [7, 11) is -4.31. The fraction of sp³-hybridized carbons (Fsp3) is 0.375. The molecule has 0 spiro atoms. The number of benzene rings is 2. The number of carboxylic acid groups (broad SMARTS) is 1. The molecule has 1 saturated heterocycles. The van der Waals surface area contributed by atoms with Gasteiger partial charge in [0.15, 0.2) is 0 Å². The number of amides is 2. The first-order valence-electron chi connectivity index (χ1n) is 11.2. The van der Waals surface area contributed by atoms with Crippen LogP contribution in [0.3, 0.4) is 0 Å². The van der Waals surface area contributed by atoms with Crippen LogP contribution >= 0.6 is 11.6 Å². The van der Waals surface area contributed by atoms with Crippen LogP contribution in [0.1, 0.15) is 31.1 Å². The number of rotatable bonds is 6. The van der Waals surface area contributed by atoms with Crippen molar-refractivity contribution in [3.8, 4) is 0 Å². The van der Waals surface area contributed by atoms with Gasteiger partial charge in [0.25, 0.3) is 15.9 Å². The molecule has 36 heavy (non-hydrogen) atoms. The molecule has 2 aromatic rings.